The fourth-order valence-electron chi connectivity index (χ4n) is 4.83. The Morgan fingerprint density at radius 2 is 1.98 bits per heavy atom. The lowest BCUT2D eigenvalue weighted by Crippen LogP contribution is -2.71. The van der Waals surface area contributed by atoms with E-state index in [0.717, 1.165) is 22.4 Å². The number of carboxylic acids is 1. The van der Waals surface area contributed by atoms with Crippen molar-refractivity contribution in [3.8, 4) is 5.75 Å². The molecule has 5 rings (SSSR count). The number of aromatic nitrogens is 4. The van der Waals surface area contributed by atoms with E-state index in [4.69, 9.17) is 5.73 Å². The molecule has 1 fully saturated rings. The van der Waals surface area contributed by atoms with Crippen LogP contribution in [0.5, 0.6) is 5.75 Å². The summed E-state index contributed by atoms with van der Waals surface area (Å²) in [6, 6.07) is 1.42. The molecule has 0 bridgehead atoms. The van der Waals surface area contributed by atoms with Crippen molar-refractivity contribution in [2.45, 2.75) is 48.1 Å². The minimum absolute atomic E-state index is 0.0179. The molecule has 1 aromatic carbocycles. The maximum absolute atomic E-state index is 14.0. The maximum atomic E-state index is 14.0. The largest absolute Gasteiger partial charge is 0.508 e. The van der Waals surface area contributed by atoms with Gasteiger partial charge in [-0.3, -0.25) is 29.2 Å². The number of urea groups is 1. The highest BCUT2D eigenvalue weighted by Gasteiger charge is 2.55. The molecule has 16 nitrogen and oxygen atoms in total. The Hall–Kier alpha value is -4.62. The first-order valence-corrected chi connectivity index (χ1v) is 16.6. The number of hydrogen-bond donors (Lipinski definition) is 6. The molecule has 1 saturated heterocycles. The molecule has 19 heteroatoms. The number of rotatable bonds is 12. The zero-order chi connectivity index (χ0) is 33.1. The first kappa shape index (κ1) is 32.8. The fraction of sp³-hybridized carbons (Fsp3) is 0.333. The summed E-state index contributed by atoms with van der Waals surface area (Å²) < 4.78 is 4.58. The van der Waals surface area contributed by atoms with Gasteiger partial charge in [0.1, 0.15) is 40.9 Å². The van der Waals surface area contributed by atoms with Crippen molar-refractivity contribution < 1.29 is 29.4 Å². The predicted molar refractivity (Wildman–Crippen MR) is 171 cm³/mol. The van der Waals surface area contributed by atoms with Crippen LogP contribution in [0.25, 0.3) is 0 Å². The molecule has 2 aliphatic heterocycles. The number of carboxylic acid groups (broad SMARTS) is 1. The zero-order valence-electron chi connectivity index (χ0n) is 24.4. The molecule has 0 saturated carbocycles. The number of anilines is 2. The van der Waals surface area contributed by atoms with Gasteiger partial charge < -0.3 is 26.6 Å². The Morgan fingerprint density at radius 3 is 2.59 bits per heavy atom. The Morgan fingerprint density at radius 1 is 1.24 bits per heavy atom. The molecule has 2 aliphatic rings. The number of primary amides is 1. The first-order chi connectivity index (χ1) is 22.0. The van der Waals surface area contributed by atoms with E-state index in [0.29, 0.717) is 9.91 Å². The van der Waals surface area contributed by atoms with Crippen LogP contribution >= 0.6 is 35.1 Å². The lowest BCUT2D eigenvalue weighted by atomic mass is 10.00. The number of phenolic OH excluding ortho intramolecular Hbond substituents is 1. The van der Waals surface area contributed by atoms with E-state index in [-0.39, 0.29) is 46.2 Å². The van der Waals surface area contributed by atoms with Gasteiger partial charge in [0.15, 0.2) is 4.34 Å². The summed E-state index contributed by atoms with van der Waals surface area (Å²) in [4.78, 5) is 78.3. The number of amides is 4. The van der Waals surface area contributed by atoms with E-state index in [9.17, 15) is 34.2 Å². The Kier molecular flexibility index (Phi) is 9.82. The van der Waals surface area contributed by atoms with Crippen molar-refractivity contribution in [2.75, 3.05) is 21.7 Å². The first-order valence-electron chi connectivity index (χ1n) is 13.8. The predicted octanol–water partition coefficient (Wildman–Crippen LogP) is 1.69. The SMILES string of the molecule is CCC(C)Nc1ncc(N(C(N)=O)C(C(=O)NC2C(=O)N3C(C(=O)O)=C(CSc4ncns4)CS[C@H]23)c2ccc(O)cc2)c(=O)[nH]1. The number of benzene rings is 1. The second-order valence-electron chi connectivity index (χ2n) is 10.3. The fourth-order valence-corrected chi connectivity index (χ4v) is 7.76. The standard InChI is InChI=1S/C27H29N9O7S3/c1-3-12(2)32-26-29-8-16(20(38)34-26)35(25(28)43)18(13-4-6-15(37)7-5-13)21(39)33-17-22(40)36-19(24(41)42)14(9-44-23(17)36)10-45-27-30-11-31-46-27/h4-8,11-12,17-18,23,37H,3,9-10H2,1-2H3,(H2,28,43)(H,33,39)(H,41,42)(H2,29,32,34,38)/t12?,17?,18?,23-/m1/s1. The van der Waals surface area contributed by atoms with Gasteiger partial charge in [-0.25, -0.2) is 19.6 Å². The van der Waals surface area contributed by atoms with Crippen LogP contribution in [0.2, 0.25) is 0 Å². The minimum atomic E-state index is -1.57. The summed E-state index contributed by atoms with van der Waals surface area (Å²) in [7, 11) is 0. The third-order valence-corrected chi connectivity index (χ3v) is 10.5. The van der Waals surface area contributed by atoms with Gasteiger partial charge in [-0.15, -0.1) is 11.8 Å². The van der Waals surface area contributed by atoms with E-state index in [1.54, 1.807) is 0 Å². The van der Waals surface area contributed by atoms with Gasteiger partial charge in [-0.1, -0.05) is 30.8 Å². The molecule has 0 aliphatic carbocycles. The van der Waals surface area contributed by atoms with E-state index in [2.05, 4.69) is 30.0 Å². The van der Waals surface area contributed by atoms with Gasteiger partial charge in [0.05, 0.1) is 6.20 Å². The highest BCUT2D eigenvalue weighted by atomic mass is 32.2. The summed E-state index contributed by atoms with van der Waals surface area (Å²) in [5.74, 6) is -2.22. The van der Waals surface area contributed by atoms with Crippen molar-refractivity contribution in [3.63, 3.8) is 0 Å². The molecule has 46 heavy (non-hydrogen) atoms. The maximum Gasteiger partial charge on any atom is 0.352 e. The number of carbonyl (C=O) groups excluding carboxylic acids is 3. The summed E-state index contributed by atoms with van der Waals surface area (Å²) in [5, 5.41) is 24.8. The second-order valence-corrected chi connectivity index (χ2v) is 13.4. The summed E-state index contributed by atoms with van der Waals surface area (Å²) in [6.07, 6.45) is 3.25. The number of aliphatic carboxylic acids is 1. The molecule has 3 aromatic rings. The number of nitrogens with two attached hydrogens (primary N) is 1. The Labute approximate surface area is 274 Å². The smallest absolute Gasteiger partial charge is 0.352 e. The molecule has 4 amide bonds. The number of fused-ring (bicyclic) bond motifs is 1. The van der Waals surface area contributed by atoms with Crippen LogP contribution in [0.1, 0.15) is 31.9 Å². The van der Waals surface area contributed by atoms with Crippen LogP contribution in [0.4, 0.5) is 16.4 Å². The van der Waals surface area contributed by atoms with Gasteiger partial charge in [-0.2, -0.15) is 4.37 Å². The van der Waals surface area contributed by atoms with Crippen LogP contribution in [-0.4, -0.2) is 87.2 Å². The highest BCUT2D eigenvalue weighted by molar-refractivity contribution is 8.01. The lowest BCUT2D eigenvalue weighted by molar-refractivity contribution is -0.150. The van der Waals surface area contributed by atoms with Gasteiger partial charge >= 0.3 is 12.0 Å². The number of aromatic hydroxyl groups is 1. The minimum Gasteiger partial charge on any atom is -0.508 e. The molecule has 2 aromatic heterocycles. The summed E-state index contributed by atoms with van der Waals surface area (Å²) in [5.41, 5.74) is 5.15. The van der Waals surface area contributed by atoms with E-state index >= 15 is 0 Å². The summed E-state index contributed by atoms with van der Waals surface area (Å²) >= 11 is 3.75. The molecule has 3 unspecified atom stereocenters. The van der Waals surface area contributed by atoms with Crippen LogP contribution in [0.3, 0.4) is 0 Å². The van der Waals surface area contributed by atoms with Gasteiger partial charge in [-0.05, 0) is 48.1 Å². The number of carbonyl (C=O) groups is 4. The number of nitrogens with one attached hydrogen (secondary N) is 3. The van der Waals surface area contributed by atoms with Crippen molar-refractivity contribution in [1.29, 1.82) is 0 Å². The van der Waals surface area contributed by atoms with Crippen LogP contribution in [0.15, 0.2) is 57.2 Å². The van der Waals surface area contributed by atoms with Crippen molar-refractivity contribution in [2.24, 2.45) is 5.73 Å². The zero-order valence-corrected chi connectivity index (χ0v) is 26.8. The summed E-state index contributed by atoms with van der Waals surface area (Å²) in [6.45, 7) is 3.83. The molecular formula is C27H29N9O7S3. The van der Waals surface area contributed by atoms with Gasteiger partial charge in [0, 0.05) is 17.5 Å². The van der Waals surface area contributed by atoms with Gasteiger partial charge in [0.2, 0.25) is 11.9 Å². The quantitative estimate of drug-likeness (QED) is 0.118. The molecular weight excluding hydrogens is 659 g/mol. The average molecular weight is 688 g/mol. The van der Waals surface area contributed by atoms with E-state index in [1.165, 1.54) is 65.6 Å². The van der Waals surface area contributed by atoms with Crippen LogP contribution in [-0.2, 0) is 14.4 Å². The third-order valence-electron chi connectivity index (χ3n) is 7.25. The van der Waals surface area contributed by atoms with Crippen LogP contribution in [0, 0.1) is 0 Å². The Balaban J connectivity index is 1.42. The molecule has 4 heterocycles. The van der Waals surface area contributed by atoms with E-state index < -0.39 is 46.8 Å². The number of H-pyrrole nitrogens is 1. The van der Waals surface area contributed by atoms with Crippen LogP contribution < -0.4 is 26.8 Å². The molecule has 242 valence electrons. The Bertz CT molecular complexity index is 1730. The van der Waals surface area contributed by atoms with Gasteiger partial charge in [0.25, 0.3) is 11.5 Å². The van der Waals surface area contributed by atoms with Crippen molar-refractivity contribution in [3.05, 3.63) is 64.0 Å². The van der Waals surface area contributed by atoms with Crippen molar-refractivity contribution in [1.82, 2.24) is 29.5 Å². The number of thioether (sulfide) groups is 2. The number of hydrogen-bond acceptors (Lipinski definition) is 13. The third kappa shape index (κ3) is 6.65. The monoisotopic (exact) mass is 687 g/mol. The molecule has 4 atom stereocenters. The topological polar surface area (TPSA) is 237 Å². The number of β-lactam (4-membered cyclic amide) rings is 1. The second kappa shape index (κ2) is 13.8. The lowest BCUT2D eigenvalue weighted by Gasteiger charge is -2.49. The molecule has 0 radical (unpaired) electrons. The average Bonchev–Trinajstić information content (AvgIpc) is 3.55. The number of aromatic amines is 1. The number of phenols is 1. The highest BCUT2D eigenvalue weighted by Crippen LogP contribution is 2.42. The van der Waals surface area contributed by atoms with Crippen molar-refractivity contribution >= 4 is 70.5 Å². The van der Waals surface area contributed by atoms with E-state index in [1.807, 2.05) is 13.8 Å². The molecule has 7 N–H and O–H groups in total. The normalized spacial score (nSPS) is 18.7. The molecule has 0 spiro atoms. The number of nitrogens with zero attached hydrogens (tertiary/aromatic N) is 5.